The van der Waals surface area contributed by atoms with Gasteiger partial charge in [-0.1, -0.05) is 25.0 Å². The third kappa shape index (κ3) is 3.81. The summed E-state index contributed by atoms with van der Waals surface area (Å²) in [5.41, 5.74) is 1.95. The number of amides is 1. The fourth-order valence-electron chi connectivity index (χ4n) is 4.42. The van der Waals surface area contributed by atoms with E-state index in [4.69, 9.17) is 0 Å². The molecule has 24 heavy (non-hydrogen) atoms. The highest BCUT2D eigenvalue weighted by Gasteiger charge is 2.36. The molecule has 3 rings (SSSR count). The summed E-state index contributed by atoms with van der Waals surface area (Å²) < 4.78 is 0. The topological polar surface area (TPSA) is 43.8 Å². The molecule has 1 saturated carbocycles. The Bertz CT molecular complexity index is 573. The molecule has 1 amide bonds. The highest BCUT2D eigenvalue weighted by atomic mass is 16.3. The summed E-state index contributed by atoms with van der Waals surface area (Å²) in [6.45, 7) is 1.97. The van der Waals surface area contributed by atoms with E-state index in [-0.39, 0.29) is 12.0 Å². The second-order valence-corrected chi connectivity index (χ2v) is 7.60. The first-order valence-corrected chi connectivity index (χ1v) is 9.29. The smallest absolute Gasteiger partial charge is 0.253 e. The predicted octanol–water partition coefficient (Wildman–Crippen LogP) is 2.90. The van der Waals surface area contributed by atoms with E-state index in [1.165, 1.54) is 31.2 Å². The van der Waals surface area contributed by atoms with Crippen molar-refractivity contribution in [2.24, 2.45) is 5.92 Å². The normalized spacial score (nSPS) is 28.0. The van der Waals surface area contributed by atoms with Gasteiger partial charge in [-0.25, -0.2) is 0 Å². The number of aliphatic hydroxyl groups excluding tert-OH is 1. The maximum absolute atomic E-state index is 12.2. The molecule has 1 aliphatic heterocycles. The van der Waals surface area contributed by atoms with Gasteiger partial charge in [0.05, 0.1) is 6.10 Å². The minimum absolute atomic E-state index is 0.0533. The molecule has 1 heterocycles. The van der Waals surface area contributed by atoms with Crippen LogP contribution >= 0.6 is 0 Å². The number of likely N-dealkylation sites (tertiary alicyclic amines) is 1. The van der Waals surface area contributed by atoms with Crippen LogP contribution in [-0.2, 0) is 6.54 Å². The van der Waals surface area contributed by atoms with Crippen molar-refractivity contribution in [2.45, 2.75) is 57.2 Å². The molecule has 3 atom stereocenters. The van der Waals surface area contributed by atoms with Crippen LogP contribution in [0.15, 0.2) is 24.3 Å². The second kappa shape index (κ2) is 7.66. The number of benzene rings is 1. The zero-order chi connectivity index (χ0) is 17.1. The maximum atomic E-state index is 12.2. The number of hydrogen-bond donors (Lipinski definition) is 1. The SMILES string of the molecule is CN(C)C(=O)c1cccc(CN2CCCC2C2CCCCC2O)c1. The van der Waals surface area contributed by atoms with Crippen molar-refractivity contribution in [2.75, 3.05) is 20.6 Å². The van der Waals surface area contributed by atoms with Gasteiger partial charge in [0.25, 0.3) is 5.91 Å². The van der Waals surface area contributed by atoms with Crippen LogP contribution in [0.5, 0.6) is 0 Å². The van der Waals surface area contributed by atoms with Gasteiger partial charge in [-0.05, 0) is 49.9 Å². The van der Waals surface area contributed by atoms with E-state index in [9.17, 15) is 9.90 Å². The summed E-state index contributed by atoms with van der Waals surface area (Å²) in [5.74, 6) is 0.477. The van der Waals surface area contributed by atoms with E-state index in [0.717, 1.165) is 31.5 Å². The van der Waals surface area contributed by atoms with Crippen LogP contribution in [-0.4, -0.2) is 53.6 Å². The first-order chi connectivity index (χ1) is 11.6. The predicted molar refractivity (Wildman–Crippen MR) is 95.9 cm³/mol. The van der Waals surface area contributed by atoms with Crippen molar-refractivity contribution in [1.82, 2.24) is 9.80 Å². The van der Waals surface area contributed by atoms with Crippen molar-refractivity contribution >= 4 is 5.91 Å². The van der Waals surface area contributed by atoms with Gasteiger partial charge >= 0.3 is 0 Å². The van der Waals surface area contributed by atoms with Crippen molar-refractivity contribution < 1.29 is 9.90 Å². The number of nitrogens with zero attached hydrogens (tertiary/aromatic N) is 2. The van der Waals surface area contributed by atoms with Crippen molar-refractivity contribution in [3.05, 3.63) is 35.4 Å². The molecule has 2 aliphatic rings. The lowest BCUT2D eigenvalue weighted by Crippen LogP contribution is -2.42. The van der Waals surface area contributed by atoms with Gasteiger partial charge in [-0.3, -0.25) is 9.69 Å². The summed E-state index contributed by atoms with van der Waals surface area (Å²) >= 11 is 0. The summed E-state index contributed by atoms with van der Waals surface area (Å²) in [4.78, 5) is 16.3. The maximum Gasteiger partial charge on any atom is 0.253 e. The molecular formula is C20H30N2O2. The Balaban J connectivity index is 1.70. The molecule has 3 unspecified atom stereocenters. The number of carbonyl (C=O) groups is 1. The molecule has 0 aromatic heterocycles. The van der Waals surface area contributed by atoms with Crippen LogP contribution in [0.2, 0.25) is 0 Å². The van der Waals surface area contributed by atoms with Gasteiger partial charge < -0.3 is 10.0 Å². The van der Waals surface area contributed by atoms with Gasteiger partial charge in [0.1, 0.15) is 0 Å². The molecule has 4 heteroatoms. The largest absolute Gasteiger partial charge is 0.393 e. The molecule has 1 aliphatic carbocycles. The summed E-state index contributed by atoms with van der Waals surface area (Å²) in [6, 6.07) is 8.49. The number of rotatable bonds is 4. The Morgan fingerprint density at radius 1 is 1.21 bits per heavy atom. The van der Waals surface area contributed by atoms with E-state index < -0.39 is 0 Å². The average molecular weight is 330 g/mol. The quantitative estimate of drug-likeness (QED) is 0.923. The minimum atomic E-state index is -0.133. The first kappa shape index (κ1) is 17.4. The highest BCUT2D eigenvalue weighted by Crippen LogP contribution is 2.35. The van der Waals surface area contributed by atoms with Crippen LogP contribution < -0.4 is 0 Å². The van der Waals surface area contributed by atoms with Gasteiger partial charge in [0.2, 0.25) is 0 Å². The zero-order valence-corrected chi connectivity index (χ0v) is 14.9. The fourth-order valence-corrected chi connectivity index (χ4v) is 4.42. The Morgan fingerprint density at radius 2 is 2.00 bits per heavy atom. The highest BCUT2D eigenvalue weighted by molar-refractivity contribution is 5.94. The first-order valence-electron chi connectivity index (χ1n) is 9.29. The molecule has 0 bridgehead atoms. The van der Waals surface area contributed by atoms with Crippen molar-refractivity contribution in [3.8, 4) is 0 Å². The standard InChI is InChI=1S/C20H30N2O2/c1-21(2)20(24)16-8-5-7-15(13-16)14-22-12-6-10-18(22)17-9-3-4-11-19(17)23/h5,7-8,13,17-19,23H,3-4,6,9-12,14H2,1-2H3. The molecule has 1 saturated heterocycles. The average Bonchev–Trinajstić information content (AvgIpc) is 3.02. The zero-order valence-electron chi connectivity index (χ0n) is 14.9. The summed E-state index contributed by atoms with van der Waals surface area (Å²) in [7, 11) is 3.58. The lowest BCUT2D eigenvalue weighted by atomic mass is 9.80. The summed E-state index contributed by atoms with van der Waals surface area (Å²) in [5, 5.41) is 10.4. The number of aliphatic hydroxyl groups is 1. The van der Waals surface area contributed by atoms with E-state index in [2.05, 4.69) is 11.0 Å². The molecule has 1 N–H and O–H groups in total. The van der Waals surface area contributed by atoms with Gasteiger partial charge in [-0.15, -0.1) is 0 Å². The summed E-state index contributed by atoms with van der Waals surface area (Å²) in [6.07, 6.45) is 6.80. The minimum Gasteiger partial charge on any atom is -0.393 e. The molecule has 0 radical (unpaired) electrons. The lowest BCUT2D eigenvalue weighted by molar-refractivity contribution is 0.0201. The monoisotopic (exact) mass is 330 g/mol. The molecule has 1 aromatic carbocycles. The Labute approximate surface area is 145 Å². The van der Waals surface area contributed by atoms with Crippen molar-refractivity contribution in [3.63, 3.8) is 0 Å². The van der Waals surface area contributed by atoms with Gasteiger partial charge in [0, 0.05) is 38.2 Å². The van der Waals surface area contributed by atoms with E-state index in [1.807, 2.05) is 18.2 Å². The van der Waals surface area contributed by atoms with Gasteiger partial charge in [-0.2, -0.15) is 0 Å². The van der Waals surface area contributed by atoms with Crippen LogP contribution in [0.3, 0.4) is 0 Å². The fraction of sp³-hybridized carbons (Fsp3) is 0.650. The molecule has 1 aromatic rings. The van der Waals surface area contributed by atoms with Crippen LogP contribution in [0.4, 0.5) is 0 Å². The second-order valence-electron chi connectivity index (χ2n) is 7.60. The third-order valence-electron chi connectivity index (χ3n) is 5.66. The third-order valence-corrected chi connectivity index (χ3v) is 5.66. The van der Waals surface area contributed by atoms with E-state index >= 15 is 0 Å². The molecule has 132 valence electrons. The number of hydrogen-bond acceptors (Lipinski definition) is 3. The Kier molecular flexibility index (Phi) is 5.57. The number of carbonyl (C=O) groups excluding carboxylic acids is 1. The molecular weight excluding hydrogens is 300 g/mol. The molecule has 0 spiro atoms. The van der Waals surface area contributed by atoms with E-state index in [1.54, 1.807) is 19.0 Å². The van der Waals surface area contributed by atoms with E-state index in [0.29, 0.717) is 12.0 Å². The Morgan fingerprint density at radius 3 is 2.75 bits per heavy atom. The van der Waals surface area contributed by atoms with Gasteiger partial charge in [0.15, 0.2) is 0 Å². The Hall–Kier alpha value is -1.39. The lowest BCUT2D eigenvalue weighted by Gasteiger charge is -2.37. The van der Waals surface area contributed by atoms with Crippen LogP contribution in [0.1, 0.15) is 54.4 Å². The van der Waals surface area contributed by atoms with Crippen LogP contribution in [0.25, 0.3) is 0 Å². The molecule has 4 nitrogen and oxygen atoms in total. The van der Waals surface area contributed by atoms with Crippen molar-refractivity contribution in [1.29, 1.82) is 0 Å². The van der Waals surface area contributed by atoms with Crippen LogP contribution in [0, 0.1) is 5.92 Å². The molecule has 2 fully saturated rings.